The second kappa shape index (κ2) is 7.15. The summed E-state index contributed by atoms with van der Waals surface area (Å²) in [7, 11) is 1.66. The molecule has 0 radical (unpaired) electrons. The summed E-state index contributed by atoms with van der Waals surface area (Å²) in [5.74, 6) is 0.602. The Morgan fingerprint density at radius 1 is 1.30 bits per heavy atom. The van der Waals surface area contributed by atoms with Gasteiger partial charge in [0.25, 0.3) is 5.91 Å². The van der Waals surface area contributed by atoms with Crippen LogP contribution in [0.25, 0.3) is 0 Å². The maximum absolute atomic E-state index is 12.7. The molecule has 0 N–H and O–H groups in total. The lowest BCUT2D eigenvalue weighted by molar-refractivity contribution is 0.0657. The first kappa shape index (κ1) is 15.4. The van der Waals surface area contributed by atoms with Crippen LogP contribution in [0.15, 0.2) is 43.0 Å². The molecule has 1 fully saturated rings. The Morgan fingerprint density at radius 2 is 2.22 bits per heavy atom. The van der Waals surface area contributed by atoms with Crippen LogP contribution in [-0.4, -0.2) is 58.4 Å². The van der Waals surface area contributed by atoms with Gasteiger partial charge in [-0.05, 0) is 24.6 Å². The molecule has 0 aromatic carbocycles. The molecular formula is C16H18N4O3. The van der Waals surface area contributed by atoms with Gasteiger partial charge in [0, 0.05) is 19.9 Å². The molecule has 0 saturated carbocycles. The van der Waals surface area contributed by atoms with E-state index >= 15 is 0 Å². The van der Waals surface area contributed by atoms with Crippen LogP contribution in [0.1, 0.15) is 16.8 Å². The second-order valence-corrected chi connectivity index (χ2v) is 5.34. The number of nitrogens with zero attached hydrogens (tertiary/aromatic N) is 4. The van der Waals surface area contributed by atoms with Crippen molar-refractivity contribution in [3.05, 3.63) is 48.5 Å². The van der Waals surface area contributed by atoms with Gasteiger partial charge in [-0.2, -0.15) is 10.2 Å². The van der Waals surface area contributed by atoms with Gasteiger partial charge in [-0.3, -0.25) is 9.78 Å². The molecule has 1 aliphatic rings. The Labute approximate surface area is 134 Å². The van der Waals surface area contributed by atoms with E-state index in [4.69, 9.17) is 9.47 Å². The van der Waals surface area contributed by atoms with Crippen molar-refractivity contribution in [2.45, 2.75) is 18.6 Å². The maximum atomic E-state index is 12.7. The quantitative estimate of drug-likeness (QED) is 0.825. The van der Waals surface area contributed by atoms with Crippen LogP contribution >= 0.6 is 0 Å². The molecule has 2 aromatic heterocycles. The van der Waals surface area contributed by atoms with Crippen LogP contribution in [0.2, 0.25) is 0 Å². The number of carbonyl (C=O) groups is 1. The number of ether oxygens (including phenoxy) is 2. The minimum absolute atomic E-state index is 0.0104. The lowest BCUT2D eigenvalue weighted by atomic mass is 10.2. The van der Waals surface area contributed by atoms with Crippen LogP contribution in [0.5, 0.6) is 5.75 Å². The van der Waals surface area contributed by atoms with Crippen LogP contribution in [-0.2, 0) is 4.74 Å². The number of aromatic nitrogens is 3. The Bertz CT molecular complexity index is 638. The van der Waals surface area contributed by atoms with Crippen LogP contribution < -0.4 is 4.74 Å². The third-order valence-corrected chi connectivity index (χ3v) is 3.88. The monoisotopic (exact) mass is 314 g/mol. The summed E-state index contributed by atoms with van der Waals surface area (Å²) < 4.78 is 11.2. The summed E-state index contributed by atoms with van der Waals surface area (Å²) in [6.07, 6.45) is 7.08. The van der Waals surface area contributed by atoms with E-state index in [0.29, 0.717) is 24.5 Å². The fraction of sp³-hybridized carbons (Fsp3) is 0.375. The summed E-state index contributed by atoms with van der Waals surface area (Å²) >= 11 is 0. The smallest absolute Gasteiger partial charge is 0.256 e. The lowest BCUT2D eigenvalue weighted by Gasteiger charge is -2.24. The van der Waals surface area contributed by atoms with E-state index in [-0.39, 0.29) is 18.1 Å². The largest absolute Gasteiger partial charge is 0.490 e. The van der Waals surface area contributed by atoms with Gasteiger partial charge in [-0.15, -0.1) is 0 Å². The Balaban J connectivity index is 1.70. The first-order valence-corrected chi connectivity index (χ1v) is 7.41. The molecule has 0 aliphatic carbocycles. The van der Waals surface area contributed by atoms with E-state index in [9.17, 15) is 4.79 Å². The highest BCUT2D eigenvalue weighted by molar-refractivity contribution is 5.94. The van der Waals surface area contributed by atoms with Gasteiger partial charge in [0.15, 0.2) is 0 Å². The summed E-state index contributed by atoms with van der Waals surface area (Å²) in [6.45, 7) is 0.939. The molecule has 1 aliphatic heterocycles. The number of pyridine rings is 1. The van der Waals surface area contributed by atoms with Crippen LogP contribution in [0.4, 0.5) is 0 Å². The fourth-order valence-electron chi connectivity index (χ4n) is 2.66. The highest BCUT2D eigenvalue weighted by Gasteiger charge is 2.36. The average molecular weight is 314 g/mol. The van der Waals surface area contributed by atoms with Crippen molar-refractivity contribution in [1.82, 2.24) is 20.1 Å². The van der Waals surface area contributed by atoms with E-state index < -0.39 is 0 Å². The number of rotatable bonds is 5. The number of carbonyl (C=O) groups excluding carboxylic acids is 1. The third-order valence-electron chi connectivity index (χ3n) is 3.88. The summed E-state index contributed by atoms with van der Waals surface area (Å²) in [5, 5.41) is 7.47. The third kappa shape index (κ3) is 3.62. The summed E-state index contributed by atoms with van der Waals surface area (Å²) in [5.41, 5.74) is 0.517. The predicted octanol–water partition coefficient (Wildman–Crippen LogP) is 1.18. The SMILES string of the molecule is CO[C@@H]1C[C@@H](COc2cccnc2)N(C(=O)c2ccnnc2)C1. The topological polar surface area (TPSA) is 77.4 Å². The predicted molar refractivity (Wildman–Crippen MR) is 82.0 cm³/mol. The van der Waals surface area contributed by atoms with Gasteiger partial charge in [0.2, 0.25) is 0 Å². The van der Waals surface area contributed by atoms with Gasteiger partial charge in [0.1, 0.15) is 12.4 Å². The minimum atomic E-state index is -0.0840. The van der Waals surface area contributed by atoms with Crippen molar-refractivity contribution in [3.63, 3.8) is 0 Å². The number of methoxy groups -OCH3 is 1. The molecule has 7 nitrogen and oxygen atoms in total. The van der Waals surface area contributed by atoms with E-state index in [1.54, 1.807) is 30.5 Å². The lowest BCUT2D eigenvalue weighted by Crippen LogP contribution is -2.39. The Morgan fingerprint density at radius 3 is 2.91 bits per heavy atom. The molecule has 0 bridgehead atoms. The van der Waals surface area contributed by atoms with Gasteiger partial charge < -0.3 is 14.4 Å². The van der Waals surface area contributed by atoms with Crippen LogP contribution in [0.3, 0.4) is 0 Å². The van der Waals surface area contributed by atoms with Crippen molar-refractivity contribution < 1.29 is 14.3 Å². The molecule has 2 atom stereocenters. The zero-order chi connectivity index (χ0) is 16.1. The van der Waals surface area contributed by atoms with Gasteiger partial charge in [-0.1, -0.05) is 0 Å². The number of amides is 1. The first-order valence-electron chi connectivity index (χ1n) is 7.41. The minimum Gasteiger partial charge on any atom is -0.490 e. The van der Waals surface area contributed by atoms with Crippen molar-refractivity contribution in [1.29, 1.82) is 0 Å². The molecule has 7 heteroatoms. The van der Waals surface area contributed by atoms with E-state index in [1.807, 2.05) is 12.1 Å². The molecule has 120 valence electrons. The van der Waals surface area contributed by atoms with Gasteiger partial charge >= 0.3 is 0 Å². The highest BCUT2D eigenvalue weighted by atomic mass is 16.5. The standard InChI is InChI=1S/C16H18N4O3/c1-22-15-7-13(11-23-14-3-2-5-17-9-14)20(10-15)16(21)12-4-6-18-19-8-12/h2-6,8-9,13,15H,7,10-11H2,1H3/t13-,15+/m0/s1. The zero-order valence-corrected chi connectivity index (χ0v) is 12.8. The summed E-state index contributed by atoms with van der Waals surface area (Å²) in [4.78, 5) is 18.5. The molecule has 1 saturated heterocycles. The van der Waals surface area contributed by atoms with Gasteiger partial charge in [-0.25, -0.2) is 0 Å². The molecule has 1 amide bonds. The van der Waals surface area contributed by atoms with E-state index in [1.165, 1.54) is 12.4 Å². The number of hydrogen-bond acceptors (Lipinski definition) is 6. The molecule has 2 aromatic rings. The Kier molecular flexibility index (Phi) is 4.77. The Hall–Kier alpha value is -2.54. The second-order valence-electron chi connectivity index (χ2n) is 5.34. The van der Waals surface area contributed by atoms with Crippen molar-refractivity contribution in [2.24, 2.45) is 0 Å². The zero-order valence-electron chi connectivity index (χ0n) is 12.8. The molecule has 3 rings (SSSR count). The normalized spacial score (nSPS) is 20.5. The molecular weight excluding hydrogens is 296 g/mol. The van der Waals surface area contributed by atoms with Crippen molar-refractivity contribution in [2.75, 3.05) is 20.3 Å². The molecule has 23 heavy (non-hydrogen) atoms. The fourth-order valence-corrected chi connectivity index (χ4v) is 2.66. The first-order chi connectivity index (χ1) is 11.3. The number of hydrogen-bond donors (Lipinski definition) is 0. The average Bonchev–Trinajstić information content (AvgIpc) is 3.04. The van der Waals surface area contributed by atoms with Crippen molar-refractivity contribution >= 4 is 5.91 Å². The van der Waals surface area contributed by atoms with Crippen molar-refractivity contribution in [3.8, 4) is 5.75 Å². The van der Waals surface area contributed by atoms with Gasteiger partial charge in [0.05, 0.1) is 36.3 Å². The molecule has 3 heterocycles. The molecule has 0 spiro atoms. The molecule has 0 unspecified atom stereocenters. The maximum Gasteiger partial charge on any atom is 0.256 e. The highest BCUT2D eigenvalue weighted by Crippen LogP contribution is 2.23. The van der Waals surface area contributed by atoms with E-state index in [2.05, 4.69) is 15.2 Å². The summed E-state index contributed by atoms with van der Waals surface area (Å²) in [6, 6.07) is 5.26. The van der Waals surface area contributed by atoms with Crippen LogP contribution in [0, 0.1) is 0 Å². The number of likely N-dealkylation sites (tertiary alicyclic amines) is 1. The van der Waals surface area contributed by atoms with E-state index in [0.717, 1.165) is 6.42 Å².